The van der Waals surface area contributed by atoms with E-state index in [-0.39, 0.29) is 5.91 Å². The van der Waals surface area contributed by atoms with Crippen molar-refractivity contribution in [1.82, 2.24) is 14.9 Å². The number of rotatable bonds is 5. The molecule has 1 aliphatic heterocycles. The first-order valence-corrected chi connectivity index (χ1v) is 9.35. The largest absolute Gasteiger partial charge is 0.497 e. The number of aromatic nitrogens is 2. The Balaban J connectivity index is 1.46. The summed E-state index contributed by atoms with van der Waals surface area (Å²) in [6.07, 6.45) is 3.90. The summed E-state index contributed by atoms with van der Waals surface area (Å²) in [4.78, 5) is 23.3. The molecule has 1 N–H and O–H groups in total. The number of nitrogens with one attached hydrogen (secondary N) is 1. The minimum Gasteiger partial charge on any atom is -0.497 e. The number of nitrogens with zero attached hydrogens (tertiary/aromatic N) is 3. The minimum absolute atomic E-state index is 0.111. The van der Waals surface area contributed by atoms with Gasteiger partial charge in [0.15, 0.2) is 0 Å². The molecule has 1 aromatic heterocycles. The Morgan fingerprint density at radius 1 is 1.03 bits per heavy atom. The van der Waals surface area contributed by atoms with E-state index in [1.807, 2.05) is 29.2 Å². The van der Waals surface area contributed by atoms with Crippen LogP contribution in [0.1, 0.15) is 21.6 Å². The summed E-state index contributed by atoms with van der Waals surface area (Å²) in [6.45, 7) is 1.28. The van der Waals surface area contributed by atoms with Crippen LogP contribution >= 0.6 is 0 Å². The fourth-order valence-electron chi connectivity index (χ4n) is 3.37. The molecule has 0 spiro atoms. The number of carbonyl (C=O) groups is 1. The Morgan fingerprint density at radius 3 is 2.59 bits per heavy atom. The van der Waals surface area contributed by atoms with Gasteiger partial charge in [0.25, 0.3) is 5.91 Å². The second kappa shape index (κ2) is 8.18. The maximum atomic E-state index is 12.8. The zero-order valence-electron chi connectivity index (χ0n) is 16.4. The molecule has 0 atom stereocenters. The number of methoxy groups -OCH3 is 2. The van der Waals surface area contributed by atoms with Crippen molar-refractivity contribution in [3.63, 3.8) is 0 Å². The summed E-state index contributed by atoms with van der Waals surface area (Å²) in [5, 5.41) is 3.15. The standard InChI is InChI=1S/C22H22N4O3/c1-28-17-7-8-18(20(11-17)29-2)25-21-13-23-19(12-24-21)22(27)26-10-9-15-5-3-4-6-16(15)14-26/h3-8,11-13H,9-10,14H2,1-2H3,(H,24,25). The van der Waals surface area contributed by atoms with Crippen LogP contribution in [0, 0.1) is 0 Å². The van der Waals surface area contributed by atoms with E-state index in [4.69, 9.17) is 9.47 Å². The molecule has 7 nitrogen and oxygen atoms in total. The van der Waals surface area contributed by atoms with Crippen LogP contribution in [0.3, 0.4) is 0 Å². The predicted octanol–water partition coefficient (Wildman–Crippen LogP) is 3.44. The Hall–Kier alpha value is -3.61. The normalized spacial score (nSPS) is 12.8. The molecule has 0 fully saturated rings. The highest BCUT2D eigenvalue weighted by Gasteiger charge is 2.22. The number of fused-ring (bicyclic) bond motifs is 1. The highest BCUT2D eigenvalue weighted by atomic mass is 16.5. The van der Waals surface area contributed by atoms with Crippen molar-refractivity contribution in [2.24, 2.45) is 0 Å². The maximum absolute atomic E-state index is 12.8. The summed E-state index contributed by atoms with van der Waals surface area (Å²) < 4.78 is 10.6. The smallest absolute Gasteiger partial charge is 0.274 e. The molecule has 2 aromatic carbocycles. The third kappa shape index (κ3) is 3.99. The molecule has 3 aromatic rings. The van der Waals surface area contributed by atoms with Crippen molar-refractivity contribution >= 4 is 17.4 Å². The molecule has 0 bridgehead atoms. The second-order valence-corrected chi connectivity index (χ2v) is 6.72. The molecule has 0 radical (unpaired) electrons. The first-order chi connectivity index (χ1) is 14.2. The molecule has 0 aliphatic carbocycles. The van der Waals surface area contributed by atoms with Gasteiger partial charge in [-0.25, -0.2) is 9.97 Å². The van der Waals surface area contributed by atoms with E-state index in [1.165, 1.54) is 17.3 Å². The van der Waals surface area contributed by atoms with Crippen LogP contribution in [-0.4, -0.2) is 41.5 Å². The van der Waals surface area contributed by atoms with Gasteiger partial charge in [-0.1, -0.05) is 24.3 Å². The fraction of sp³-hybridized carbons (Fsp3) is 0.227. The molecule has 0 unspecified atom stereocenters. The van der Waals surface area contributed by atoms with Gasteiger partial charge in [-0.15, -0.1) is 0 Å². The molecule has 4 rings (SSSR count). The quantitative estimate of drug-likeness (QED) is 0.719. The summed E-state index contributed by atoms with van der Waals surface area (Å²) in [7, 11) is 3.19. The van der Waals surface area contributed by atoms with Gasteiger partial charge in [0, 0.05) is 19.2 Å². The predicted molar refractivity (Wildman–Crippen MR) is 110 cm³/mol. The lowest BCUT2D eigenvalue weighted by Gasteiger charge is -2.28. The third-order valence-electron chi connectivity index (χ3n) is 4.96. The first kappa shape index (κ1) is 18.7. The Bertz CT molecular complexity index is 1020. The molecule has 0 saturated carbocycles. The SMILES string of the molecule is COc1ccc(Nc2cnc(C(=O)N3CCc4ccccc4C3)cn2)c(OC)c1. The van der Waals surface area contributed by atoms with Gasteiger partial charge >= 0.3 is 0 Å². The van der Waals surface area contributed by atoms with Crippen LogP contribution in [-0.2, 0) is 13.0 Å². The number of anilines is 2. The fourth-order valence-corrected chi connectivity index (χ4v) is 3.37. The molecule has 29 heavy (non-hydrogen) atoms. The van der Waals surface area contributed by atoms with Gasteiger partial charge in [0.05, 0.1) is 32.3 Å². The van der Waals surface area contributed by atoms with Gasteiger partial charge in [-0.3, -0.25) is 4.79 Å². The van der Waals surface area contributed by atoms with Crippen molar-refractivity contribution in [3.05, 3.63) is 71.7 Å². The zero-order chi connectivity index (χ0) is 20.2. The number of ether oxygens (including phenoxy) is 2. The molecule has 0 saturated heterocycles. The van der Waals surface area contributed by atoms with E-state index >= 15 is 0 Å². The van der Waals surface area contributed by atoms with Gasteiger partial charge in [0.2, 0.25) is 0 Å². The van der Waals surface area contributed by atoms with Crippen LogP contribution < -0.4 is 14.8 Å². The number of carbonyl (C=O) groups excluding carboxylic acids is 1. The molecule has 1 amide bonds. The zero-order valence-corrected chi connectivity index (χ0v) is 16.4. The molecular weight excluding hydrogens is 368 g/mol. The van der Waals surface area contributed by atoms with Crippen molar-refractivity contribution in [2.75, 3.05) is 26.1 Å². The van der Waals surface area contributed by atoms with Gasteiger partial charge in [-0.05, 0) is 29.7 Å². The van der Waals surface area contributed by atoms with E-state index in [0.717, 1.165) is 12.1 Å². The monoisotopic (exact) mass is 390 g/mol. The summed E-state index contributed by atoms with van der Waals surface area (Å²) in [6, 6.07) is 13.7. The minimum atomic E-state index is -0.111. The average molecular weight is 390 g/mol. The van der Waals surface area contributed by atoms with E-state index in [1.54, 1.807) is 26.5 Å². The molecule has 148 valence electrons. The lowest BCUT2D eigenvalue weighted by molar-refractivity contribution is 0.0728. The van der Waals surface area contributed by atoms with E-state index < -0.39 is 0 Å². The lowest BCUT2D eigenvalue weighted by atomic mass is 10.00. The Labute approximate surface area is 169 Å². The van der Waals surface area contributed by atoms with E-state index in [9.17, 15) is 4.79 Å². The maximum Gasteiger partial charge on any atom is 0.274 e. The van der Waals surface area contributed by atoms with Crippen LogP contribution in [0.15, 0.2) is 54.9 Å². The van der Waals surface area contributed by atoms with E-state index in [0.29, 0.717) is 36.1 Å². The van der Waals surface area contributed by atoms with Crippen molar-refractivity contribution in [3.8, 4) is 11.5 Å². The third-order valence-corrected chi connectivity index (χ3v) is 4.96. The lowest BCUT2D eigenvalue weighted by Crippen LogP contribution is -2.36. The van der Waals surface area contributed by atoms with Crippen LogP contribution in [0.4, 0.5) is 11.5 Å². The van der Waals surface area contributed by atoms with Crippen molar-refractivity contribution < 1.29 is 14.3 Å². The second-order valence-electron chi connectivity index (χ2n) is 6.72. The summed E-state index contributed by atoms with van der Waals surface area (Å²) in [5.41, 5.74) is 3.55. The molecular formula is C22H22N4O3. The van der Waals surface area contributed by atoms with Crippen molar-refractivity contribution in [1.29, 1.82) is 0 Å². The Kier molecular flexibility index (Phi) is 5.29. The number of amides is 1. The number of benzene rings is 2. The molecule has 7 heteroatoms. The van der Waals surface area contributed by atoms with E-state index in [2.05, 4.69) is 27.4 Å². The summed E-state index contributed by atoms with van der Waals surface area (Å²) in [5.74, 6) is 1.73. The highest BCUT2D eigenvalue weighted by Crippen LogP contribution is 2.30. The van der Waals surface area contributed by atoms with Crippen LogP contribution in [0.25, 0.3) is 0 Å². The first-order valence-electron chi connectivity index (χ1n) is 9.35. The number of hydrogen-bond acceptors (Lipinski definition) is 6. The van der Waals surface area contributed by atoms with Crippen molar-refractivity contribution in [2.45, 2.75) is 13.0 Å². The number of hydrogen-bond donors (Lipinski definition) is 1. The average Bonchev–Trinajstić information content (AvgIpc) is 2.79. The van der Waals surface area contributed by atoms with Gasteiger partial charge in [0.1, 0.15) is 23.0 Å². The van der Waals surface area contributed by atoms with Gasteiger partial charge in [-0.2, -0.15) is 0 Å². The molecule has 1 aliphatic rings. The van der Waals surface area contributed by atoms with Crippen LogP contribution in [0.5, 0.6) is 11.5 Å². The Morgan fingerprint density at radius 2 is 1.86 bits per heavy atom. The molecule has 2 heterocycles. The highest BCUT2D eigenvalue weighted by molar-refractivity contribution is 5.92. The summed E-state index contributed by atoms with van der Waals surface area (Å²) >= 11 is 0. The topological polar surface area (TPSA) is 76.6 Å². The van der Waals surface area contributed by atoms with Crippen LogP contribution in [0.2, 0.25) is 0 Å². The van der Waals surface area contributed by atoms with Gasteiger partial charge < -0.3 is 19.7 Å².